The van der Waals surface area contributed by atoms with Crippen LogP contribution in [0, 0.1) is 5.92 Å². The second kappa shape index (κ2) is 8.05. The van der Waals surface area contributed by atoms with Crippen molar-refractivity contribution in [2.75, 3.05) is 18.0 Å². The number of rotatable bonds is 7. The highest BCUT2D eigenvalue weighted by molar-refractivity contribution is 6.30. The van der Waals surface area contributed by atoms with Crippen LogP contribution in [0.4, 0.5) is 5.69 Å². The Kier molecular flexibility index (Phi) is 6.38. The van der Waals surface area contributed by atoms with Crippen LogP contribution in [0.3, 0.4) is 0 Å². The summed E-state index contributed by atoms with van der Waals surface area (Å²) >= 11 is 6.22. The topological polar surface area (TPSA) is 15.3 Å². The minimum absolute atomic E-state index is 0.674. The number of anilines is 1. The van der Waals surface area contributed by atoms with Crippen LogP contribution in [0.25, 0.3) is 0 Å². The molecule has 0 aromatic heterocycles. The number of nitrogens with zero attached hydrogens (tertiary/aromatic N) is 1. The summed E-state index contributed by atoms with van der Waals surface area (Å²) in [6.07, 6.45) is 5.40. The van der Waals surface area contributed by atoms with Crippen molar-refractivity contribution in [2.24, 2.45) is 5.92 Å². The summed E-state index contributed by atoms with van der Waals surface area (Å²) in [5.41, 5.74) is 2.71. The fraction of sp³-hybridized carbons (Fsp3) is 0.667. The molecule has 0 heterocycles. The first-order valence-electron chi connectivity index (χ1n) is 8.37. The molecule has 1 saturated carbocycles. The van der Waals surface area contributed by atoms with Crippen LogP contribution in [-0.2, 0) is 6.54 Å². The third-order valence-corrected chi connectivity index (χ3v) is 4.48. The molecule has 1 aliphatic carbocycles. The van der Waals surface area contributed by atoms with Gasteiger partial charge in [-0.3, -0.25) is 0 Å². The quantitative estimate of drug-likeness (QED) is 0.774. The van der Waals surface area contributed by atoms with Gasteiger partial charge in [0, 0.05) is 29.8 Å². The smallest absolute Gasteiger partial charge is 0.0415 e. The predicted molar refractivity (Wildman–Crippen MR) is 93.3 cm³/mol. The first-order valence-corrected chi connectivity index (χ1v) is 8.75. The van der Waals surface area contributed by atoms with Gasteiger partial charge < -0.3 is 10.2 Å². The van der Waals surface area contributed by atoms with Gasteiger partial charge in [-0.2, -0.15) is 0 Å². The first kappa shape index (κ1) is 16.6. The van der Waals surface area contributed by atoms with E-state index in [1.165, 1.54) is 36.9 Å². The Hall–Kier alpha value is -0.730. The zero-order chi connectivity index (χ0) is 15.2. The van der Waals surface area contributed by atoms with Gasteiger partial charge in [0.1, 0.15) is 0 Å². The Morgan fingerprint density at radius 2 is 2.00 bits per heavy atom. The molecule has 2 nitrogen and oxygen atoms in total. The van der Waals surface area contributed by atoms with Gasteiger partial charge in [0.2, 0.25) is 0 Å². The molecular weight excluding hydrogens is 280 g/mol. The van der Waals surface area contributed by atoms with Gasteiger partial charge in [-0.05, 0) is 49.1 Å². The average molecular weight is 309 g/mol. The highest BCUT2D eigenvalue weighted by atomic mass is 35.5. The highest BCUT2D eigenvalue weighted by Gasteiger charge is 2.25. The first-order chi connectivity index (χ1) is 10.1. The fourth-order valence-electron chi connectivity index (χ4n) is 3.29. The molecule has 0 amide bonds. The van der Waals surface area contributed by atoms with Crippen molar-refractivity contribution in [3.8, 4) is 0 Å². The van der Waals surface area contributed by atoms with E-state index >= 15 is 0 Å². The van der Waals surface area contributed by atoms with Crippen LogP contribution in [0.15, 0.2) is 18.2 Å². The highest BCUT2D eigenvalue weighted by Crippen LogP contribution is 2.32. The second-order valence-electron chi connectivity index (χ2n) is 6.54. The molecule has 118 valence electrons. The van der Waals surface area contributed by atoms with Crippen molar-refractivity contribution >= 4 is 17.3 Å². The lowest BCUT2D eigenvalue weighted by molar-refractivity contribution is 0.533. The third-order valence-electron chi connectivity index (χ3n) is 4.24. The summed E-state index contributed by atoms with van der Waals surface area (Å²) in [6.45, 7) is 9.77. The lowest BCUT2D eigenvalue weighted by Gasteiger charge is -2.34. The molecule has 0 unspecified atom stereocenters. The molecule has 2 rings (SSSR count). The lowest BCUT2D eigenvalue weighted by atomic mass is 10.1. The molecule has 1 aromatic rings. The fourth-order valence-corrected chi connectivity index (χ4v) is 3.48. The van der Waals surface area contributed by atoms with Gasteiger partial charge >= 0.3 is 0 Å². The second-order valence-corrected chi connectivity index (χ2v) is 6.97. The molecule has 3 heteroatoms. The Morgan fingerprint density at radius 1 is 1.29 bits per heavy atom. The summed E-state index contributed by atoms with van der Waals surface area (Å²) < 4.78 is 0. The molecule has 1 aliphatic rings. The normalized spacial score (nSPS) is 15.9. The number of hydrogen-bond acceptors (Lipinski definition) is 2. The average Bonchev–Trinajstić information content (AvgIpc) is 2.97. The monoisotopic (exact) mass is 308 g/mol. The van der Waals surface area contributed by atoms with E-state index in [2.05, 4.69) is 43.1 Å². The van der Waals surface area contributed by atoms with Crippen LogP contribution in [0.2, 0.25) is 5.02 Å². The molecule has 0 bridgehead atoms. The van der Waals surface area contributed by atoms with E-state index in [4.69, 9.17) is 11.6 Å². The molecule has 1 N–H and O–H groups in total. The Balaban J connectivity index is 2.28. The number of hydrogen-bond donors (Lipinski definition) is 1. The van der Waals surface area contributed by atoms with E-state index in [0.29, 0.717) is 12.0 Å². The maximum absolute atomic E-state index is 6.22. The number of nitrogens with one attached hydrogen (secondary N) is 1. The Labute approximate surface area is 134 Å². The van der Waals surface area contributed by atoms with E-state index in [1.807, 2.05) is 6.07 Å². The SMILES string of the molecule is CCNCc1cc(Cl)ccc1N(CC(C)C)C1CCCC1. The maximum Gasteiger partial charge on any atom is 0.0415 e. The van der Waals surface area contributed by atoms with Crippen molar-refractivity contribution < 1.29 is 0 Å². The standard InChI is InChI=1S/C18H29ClN2/c1-4-20-12-15-11-16(19)9-10-18(15)21(13-14(2)3)17-7-5-6-8-17/h9-11,14,17,20H,4-8,12-13H2,1-3H3. The zero-order valence-electron chi connectivity index (χ0n) is 13.7. The van der Waals surface area contributed by atoms with Gasteiger partial charge in [-0.25, -0.2) is 0 Å². The summed E-state index contributed by atoms with van der Waals surface area (Å²) in [7, 11) is 0. The molecular formula is C18H29ClN2. The molecule has 21 heavy (non-hydrogen) atoms. The van der Waals surface area contributed by atoms with Gasteiger partial charge in [-0.1, -0.05) is 45.2 Å². The largest absolute Gasteiger partial charge is 0.368 e. The van der Waals surface area contributed by atoms with Crippen molar-refractivity contribution in [2.45, 2.75) is 59.0 Å². The van der Waals surface area contributed by atoms with Crippen molar-refractivity contribution in [3.63, 3.8) is 0 Å². The van der Waals surface area contributed by atoms with Crippen molar-refractivity contribution in [3.05, 3.63) is 28.8 Å². The summed E-state index contributed by atoms with van der Waals surface area (Å²) in [4.78, 5) is 2.64. The molecule has 1 fully saturated rings. The molecule has 0 saturated heterocycles. The van der Waals surface area contributed by atoms with Crippen molar-refractivity contribution in [1.82, 2.24) is 5.32 Å². The van der Waals surface area contributed by atoms with Gasteiger partial charge in [0.05, 0.1) is 0 Å². The van der Waals surface area contributed by atoms with E-state index < -0.39 is 0 Å². The Morgan fingerprint density at radius 3 is 2.62 bits per heavy atom. The van der Waals surface area contributed by atoms with Gasteiger partial charge in [-0.15, -0.1) is 0 Å². The van der Waals surface area contributed by atoms with E-state index in [1.54, 1.807) is 0 Å². The van der Waals surface area contributed by atoms with Gasteiger partial charge in [0.25, 0.3) is 0 Å². The molecule has 0 atom stereocenters. The number of benzene rings is 1. The van der Waals surface area contributed by atoms with Crippen LogP contribution in [0.1, 0.15) is 52.0 Å². The summed E-state index contributed by atoms with van der Waals surface area (Å²) in [6, 6.07) is 7.08. The van der Waals surface area contributed by atoms with E-state index in [-0.39, 0.29) is 0 Å². The van der Waals surface area contributed by atoms with Gasteiger partial charge in [0.15, 0.2) is 0 Å². The van der Waals surface area contributed by atoms with Crippen molar-refractivity contribution in [1.29, 1.82) is 0 Å². The molecule has 1 aromatic carbocycles. The minimum Gasteiger partial charge on any atom is -0.368 e. The van der Waals surface area contributed by atoms with E-state index in [9.17, 15) is 0 Å². The molecule has 0 aliphatic heterocycles. The summed E-state index contributed by atoms with van der Waals surface area (Å²) in [5.74, 6) is 0.674. The van der Waals surface area contributed by atoms with Crippen LogP contribution in [-0.4, -0.2) is 19.1 Å². The van der Waals surface area contributed by atoms with Crippen LogP contribution < -0.4 is 10.2 Å². The Bertz CT molecular complexity index is 439. The molecule has 0 spiro atoms. The number of halogens is 1. The maximum atomic E-state index is 6.22. The molecule has 0 radical (unpaired) electrons. The summed E-state index contributed by atoms with van der Waals surface area (Å²) in [5, 5.41) is 4.28. The third kappa shape index (κ3) is 4.62. The van der Waals surface area contributed by atoms with E-state index in [0.717, 1.165) is 24.7 Å². The zero-order valence-corrected chi connectivity index (χ0v) is 14.4. The predicted octanol–water partition coefficient (Wildman–Crippen LogP) is 4.85. The minimum atomic E-state index is 0.674. The lowest BCUT2D eigenvalue weighted by Crippen LogP contribution is -2.37. The van der Waals surface area contributed by atoms with Crippen LogP contribution in [0.5, 0.6) is 0 Å². The van der Waals surface area contributed by atoms with Crippen LogP contribution >= 0.6 is 11.6 Å².